The molecule has 0 aromatic carbocycles. The second-order valence-electron chi connectivity index (χ2n) is 4.73. The summed E-state index contributed by atoms with van der Waals surface area (Å²) in [4.78, 5) is 14.7. The Morgan fingerprint density at radius 2 is 2.25 bits per heavy atom. The van der Waals surface area contributed by atoms with Gasteiger partial charge in [-0.2, -0.15) is 0 Å². The Bertz CT molecular complexity index is 355. The smallest absolute Gasteiger partial charge is 0.309 e. The minimum Gasteiger partial charge on any atom is -0.481 e. The van der Waals surface area contributed by atoms with Crippen LogP contribution in [-0.4, -0.2) is 28.1 Å². The van der Waals surface area contributed by atoms with Crippen LogP contribution in [0, 0.1) is 0 Å². The maximum absolute atomic E-state index is 10.5. The molecule has 0 atom stereocenters. The zero-order valence-corrected chi connectivity index (χ0v) is 10.7. The van der Waals surface area contributed by atoms with E-state index in [2.05, 4.69) is 31.1 Å². The molecule has 0 saturated carbocycles. The van der Waals surface area contributed by atoms with Crippen molar-refractivity contribution >= 4 is 17.3 Å². The van der Waals surface area contributed by atoms with Gasteiger partial charge in [0.1, 0.15) is 0 Å². The van der Waals surface area contributed by atoms with Gasteiger partial charge in [0.15, 0.2) is 0 Å². The van der Waals surface area contributed by atoms with Crippen LogP contribution in [0.1, 0.15) is 31.5 Å². The van der Waals surface area contributed by atoms with Crippen LogP contribution in [0.5, 0.6) is 0 Å². The van der Waals surface area contributed by atoms with Gasteiger partial charge in [-0.3, -0.25) is 4.79 Å². The van der Waals surface area contributed by atoms with Gasteiger partial charge in [0.05, 0.1) is 17.1 Å². The normalized spacial score (nSPS) is 11.7. The minimum absolute atomic E-state index is 0.0171. The second kappa shape index (κ2) is 5.41. The molecule has 1 aromatic rings. The summed E-state index contributed by atoms with van der Waals surface area (Å²) in [5.74, 6) is -0.829. The van der Waals surface area contributed by atoms with E-state index in [1.54, 1.807) is 0 Å². The van der Waals surface area contributed by atoms with E-state index in [1.807, 2.05) is 5.38 Å². The number of nitrogens with one attached hydrogen (secondary N) is 1. The summed E-state index contributed by atoms with van der Waals surface area (Å²) in [5.41, 5.74) is 0.768. The third-order valence-corrected chi connectivity index (χ3v) is 2.88. The molecule has 0 bridgehead atoms. The van der Waals surface area contributed by atoms with Crippen molar-refractivity contribution < 1.29 is 9.90 Å². The summed E-state index contributed by atoms with van der Waals surface area (Å²) in [5, 5.41) is 14.8. The molecular weight excluding hydrogens is 224 g/mol. The topological polar surface area (TPSA) is 62.2 Å². The highest BCUT2D eigenvalue weighted by atomic mass is 32.1. The highest BCUT2D eigenvalue weighted by molar-refractivity contribution is 7.09. The van der Waals surface area contributed by atoms with Crippen molar-refractivity contribution in [3.63, 3.8) is 0 Å². The average molecular weight is 242 g/mol. The maximum Gasteiger partial charge on any atom is 0.309 e. The van der Waals surface area contributed by atoms with Gasteiger partial charge in [-0.15, -0.1) is 11.3 Å². The highest BCUT2D eigenvalue weighted by Crippen LogP contribution is 2.11. The molecule has 0 spiro atoms. The molecule has 1 heterocycles. The Morgan fingerprint density at radius 3 is 2.81 bits per heavy atom. The van der Waals surface area contributed by atoms with E-state index in [1.165, 1.54) is 11.3 Å². The van der Waals surface area contributed by atoms with Crippen LogP contribution in [0.4, 0.5) is 0 Å². The quantitative estimate of drug-likeness (QED) is 0.825. The zero-order chi connectivity index (χ0) is 12.2. The SMILES string of the molecule is CC(C)(C)NCCc1nc(CC(=O)O)cs1. The first-order valence-corrected chi connectivity index (χ1v) is 6.15. The molecule has 0 unspecified atom stereocenters. The highest BCUT2D eigenvalue weighted by Gasteiger charge is 2.09. The molecule has 0 aliphatic carbocycles. The molecule has 0 aliphatic rings. The van der Waals surface area contributed by atoms with E-state index >= 15 is 0 Å². The van der Waals surface area contributed by atoms with Crippen molar-refractivity contribution in [2.75, 3.05) is 6.54 Å². The maximum atomic E-state index is 10.5. The van der Waals surface area contributed by atoms with Crippen LogP contribution >= 0.6 is 11.3 Å². The van der Waals surface area contributed by atoms with Crippen molar-refractivity contribution in [3.8, 4) is 0 Å². The van der Waals surface area contributed by atoms with Crippen molar-refractivity contribution in [2.45, 2.75) is 39.2 Å². The van der Waals surface area contributed by atoms with E-state index in [0.29, 0.717) is 5.69 Å². The van der Waals surface area contributed by atoms with E-state index in [-0.39, 0.29) is 12.0 Å². The molecule has 2 N–H and O–H groups in total. The van der Waals surface area contributed by atoms with E-state index in [0.717, 1.165) is 18.0 Å². The summed E-state index contributed by atoms with van der Waals surface area (Å²) in [7, 11) is 0. The molecule has 90 valence electrons. The Hall–Kier alpha value is -0.940. The molecular formula is C11H18N2O2S. The predicted octanol–water partition coefficient (Wildman–Crippen LogP) is 1.70. The number of nitrogens with zero attached hydrogens (tertiary/aromatic N) is 1. The number of carboxylic acid groups (broad SMARTS) is 1. The standard InChI is InChI=1S/C11H18N2O2S/c1-11(2,3)12-5-4-9-13-8(7-16-9)6-10(14)15/h7,12H,4-6H2,1-3H3,(H,14,15). The lowest BCUT2D eigenvalue weighted by molar-refractivity contribution is -0.136. The molecule has 1 aromatic heterocycles. The molecule has 1 rings (SSSR count). The van der Waals surface area contributed by atoms with Gasteiger partial charge < -0.3 is 10.4 Å². The lowest BCUT2D eigenvalue weighted by Gasteiger charge is -2.19. The van der Waals surface area contributed by atoms with Crippen molar-refractivity contribution in [1.29, 1.82) is 0 Å². The molecule has 0 amide bonds. The number of carbonyl (C=O) groups is 1. The van der Waals surface area contributed by atoms with Crippen molar-refractivity contribution in [1.82, 2.24) is 10.3 Å². The fraction of sp³-hybridized carbons (Fsp3) is 0.636. The summed E-state index contributed by atoms with van der Waals surface area (Å²) in [6.07, 6.45) is 0.866. The molecule has 0 aliphatic heterocycles. The summed E-state index contributed by atoms with van der Waals surface area (Å²) in [6.45, 7) is 7.21. The average Bonchev–Trinajstić information content (AvgIpc) is 2.49. The number of rotatable bonds is 5. The first kappa shape index (κ1) is 13.1. The predicted molar refractivity (Wildman–Crippen MR) is 64.9 cm³/mol. The van der Waals surface area contributed by atoms with E-state index in [9.17, 15) is 4.79 Å². The Kier molecular flexibility index (Phi) is 4.44. The Labute approximate surface area is 99.7 Å². The second-order valence-corrected chi connectivity index (χ2v) is 5.67. The first-order chi connectivity index (χ1) is 7.37. The lowest BCUT2D eigenvalue weighted by atomic mass is 10.1. The van der Waals surface area contributed by atoms with Gasteiger partial charge in [-0.1, -0.05) is 0 Å². The van der Waals surface area contributed by atoms with Gasteiger partial charge in [-0.25, -0.2) is 4.98 Å². The molecule has 4 nitrogen and oxygen atoms in total. The van der Waals surface area contributed by atoms with Gasteiger partial charge in [0, 0.05) is 23.9 Å². The van der Waals surface area contributed by atoms with Gasteiger partial charge in [-0.05, 0) is 20.8 Å². The van der Waals surface area contributed by atoms with Gasteiger partial charge >= 0.3 is 5.97 Å². The van der Waals surface area contributed by atoms with Crippen LogP contribution in [0.3, 0.4) is 0 Å². The fourth-order valence-corrected chi connectivity index (χ4v) is 2.04. The first-order valence-electron chi connectivity index (χ1n) is 5.27. The number of thiazole rings is 1. The van der Waals surface area contributed by atoms with Crippen LogP contribution in [0.2, 0.25) is 0 Å². The number of aromatic nitrogens is 1. The van der Waals surface area contributed by atoms with Crippen LogP contribution in [0.25, 0.3) is 0 Å². The summed E-state index contributed by atoms with van der Waals surface area (Å²) in [6, 6.07) is 0. The summed E-state index contributed by atoms with van der Waals surface area (Å²) < 4.78 is 0. The van der Waals surface area contributed by atoms with Crippen LogP contribution in [0.15, 0.2) is 5.38 Å². The van der Waals surface area contributed by atoms with Gasteiger partial charge in [0.2, 0.25) is 0 Å². The summed E-state index contributed by atoms with van der Waals surface area (Å²) >= 11 is 1.53. The lowest BCUT2D eigenvalue weighted by Crippen LogP contribution is -2.37. The van der Waals surface area contributed by atoms with Gasteiger partial charge in [0.25, 0.3) is 0 Å². The molecule has 5 heteroatoms. The van der Waals surface area contributed by atoms with Crippen LogP contribution in [-0.2, 0) is 17.6 Å². The number of hydrogen-bond donors (Lipinski definition) is 2. The molecule has 0 fully saturated rings. The van der Waals surface area contributed by atoms with Crippen molar-refractivity contribution in [2.24, 2.45) is 0 Å². The molecule has 0 saturated heterocycles. The molecule has 0 radical (unpaired) electrons. The third-order valence-electron chi connectivity index (χ3n) is 1.93. The molecule has 16 heavy (non-hydrogen) atoms. The number of carboxylic acids is 1. The van der Waals surface area contributed by atoms with E-state index in [4.69, 9.17) is 5.11 Å². The number of aliphatic carboxylic acids is 1. The number of hydrogen-bond acceptors (Lipinski definition) is 4. The minimum atomic E-state index is -0.829. The third kappa shape index (κ3) is 5.23. The monoisotopic (exact) mass is 242 g/mol. The fourth-order valence-electron chi connectivity index (χ4n) is 1.24. The van der Waals surface area contributed by atoms with Crippen molar-refractivity contribution in [3.05, 3.63) is 16.1 Å². The van der Waals surface area contributed by atoms with E-state index < -0.39 is 5.97 Å². The Balaban J connectivity index is 2.38. The largest absolute Gasteiger partial charge is 0.481 e. The van der Waals surface area contributed by atoms with Crippen LogP contribution < -0.4 is 5.32 Å². The zero-order valence-electron chi connectivity index (χ0n) is 9.91. The Morgan fingerprint density at radius 1 is 1.56 bits per heavy atom.